The van der Waals surface area contributed by atoms with E-state index in [1.54, 1.807) is 0 Å². The molecule has 7 nitrogen and oxygen atoms in total. The highest BCUT2D eigenvalue weighted by Crippen LogP contribution is 2.20. The molecule has 0 spiro atoms. The largest absolute Gasteiger partial charge is 0.439 e. The minimum Gasteiger partial charge on any atom is -0.439 e. The molecule has 1 rings (SSSR count). The van der Waals surface area contributed by atoms with E-state index in [1.165, 1.54) is 0 Å². The normalized spacial score (nSPS) is 29.4. The predicted octanol–water partition coefficient (Wildman–Crippen LogP) is 4.36. The Labute approximate surface area is 203 Å². The topological polar surface area (TPSA) is 64.6 Å². The zero-order valence-corrected chi connectivity index (χ0v) is 31.2. The molecule has 188 valence electrons. The quantitative estimate of drug-likeness (QED) is 0.397. The molecule has 3 unspecified atom stereocenters. The van der Waals surface area contributed by atoms with Crippen molar-refractivity contribution in [1.82, 2.24) is 0 Å². The van der Waals surface area contributed by atoms with E-state index in [4.69, 9.17) is 28.8 Å². The number of rotatable bonds is 8. The molecule has 0 radical (unpaired) electrons. The van der Waals surface area contributed by atoms with E-state index in [2.05, 4.69) is 92.4 Å². The van der Waals surface area contributed by atoms with Gasteiger partial charge in [0.1, 0.15) is 0 Å². The second-order valence-electron chi connectivity index (χ2n) is 10.2. The van der Waals surface area contributed by atoms with Crippen LogP contribution in [-0.4, -0.2) is 70.9 Å². The van der Waals surface area contributed by atoms with Gasteiger partial charge in [-0.2, -0.15) is 0 Å². The minimum atomic E-state index is -1.99. The first-order valence-electron chi connectivity index (χ1n) is 11.5. The van der Waals surface area contributed by atoms with Crippen LogP contribution in [0.1, 0.15) is 13.8 Å². The standard InChI is InChI=1S/C10H30O3Si4.C6H20O4Si4/c1-10-16(6,7)11-14(2)12-17(8,9)13-15(3,4)5;1-6-14(5)9-12(3)7-11(2)8-13(4)10-14/h14H,10H2,1-9H3;11-13H,6H2,1-5H3. The van der Waals surface area contributed by atoms with E-state index < -0.39 is 70.9 Å². The average molecular weight is 579 g/mol. The van der Waals surface area contributed by atoms with Crippen LogP contribution in [0.25, 0.3) is 0 Å². The van der Waals surface area contributed by atoms with Gasteiger partial charge in [0.2, 0.25) is 0 Å². The van der Waals surface area contributed by atoms with E-state index in [9.17, 15) is 0 Å². The first kappa shape index (κ1) is 32.5. The van der Waals surface area contributed by atoms with Crippen LogP contribution in [0.3, 0.4) is 0 Å². The Hall–Kier alpha value is 1.46. The van der Waals surface area contributed by atoms with Gasteiger partial charge in [-0.3, -0.25) is 0 Å². The van der Waals surface area contributed by atoms with Crippen LogP contribution < -0.4 is 0 Å². The fourth-order valence-corrected chi connectivity index (χ4v) is 32.1. The maximum absolute atomic E-state index is 6.17. The molecule has 0 saturated carbocycles. The molecule has 1 aliphatic rings. The van der Waals surface area contributed by atoms with Gasteiger partial charge in [-0.1, -0.05) is 13.8 Å². The van der Waals surface area contributed by atoms with Gasteiger partial charge >= 0.3 is 17.1 Å². The minimum absolute atomic E-state index is 0.977. The van der Waals surface area contributed by atoms with Gasteiger partial charge < -0.3 is 28.8 Å². The van der Waals surface area contributed by atoms with Crippen molar-refractivity contribution in [1.29, 1.82) is 0 Å². The Kier molecular flexibility index (Phi) is 14.2. The first-order chi connectivity index (χ1) is 13.8. The molecule has 0 aliphatic carbocycles. The lowest BCUT2D eigenvalue weighted by Crippen LogP contribution is -2.52. The Morgan fingerprint density at radius 3 is 1.61 bits per heavy atom. The molecule has 1 aliphatic heterocycles. The molecule has 0 N–H and O–H groups in total. The third kappa shape index (κ3) is 15.9. The van der Waals surface area contributed by atoms with E-state index in [1.807, 2.05) is 0 Å². The first-order valence-corrected chi connectivity index (χ1v) is 31.8. The Balaban J connectivity index is 0.000000590. The summed E-state index contributed by atoms with van der Waals surface area (Å²) in [5, 5.41) is 0. The lowest BCUT2D eigenvalue weighted by molar-refractivity contribution is 0.275. The van der Waals surface area contributed by atoms with Crippen LogP contribution >= 0.6 is 0 Å². The molecule has 1 heterocycles. The summed E-state index contributed by atoms with van der Waals surface area (Å²) in [5.74, 6) is 0. The van der Waals surface area contributed by atoms with Gasteiger partial charge in [0.15, 0.2) is 16.6 Å². The number of hydrogen-bond donors (Lipinski definition) is 0. The second kappa shape index (κ2) is 13.5. The third-order valence-electron chi connectivity index (χ3n) is 4.58. The van der Waals surface area contributed by atoms with Crippen molar-refractivity contribution >= 4 is 70.9 Å². The van der Waals surface area contributed by atoms with Gasteiger partial charge in [-0.05, 0) is 90.7 Å². The fourth-order valence-electron chi connectivity index (χ4n) is 3.24. The summed E-state index contributed by atoms with van der Waals surface area (Å²) in [5.41, 5.74) is 0. The smallest absolute Gasteiger partial charge is 0.316 e. The zero-order chi connectivity index (χ0) is 24.7. The Morgan fingerprint density at radius 2 is 1.26 bits per heavy atom. The number of hydrogen-bond acceptors (Lipinski definition) is 7. The van der Waals surface area contributed by atoms with Crippen molar-refractivity contribution in [3.8, 4) is 0 Å². The van der Waals surface area contributed by atoms with E-state index in [0.717, 1.165) is 12.1 Å². The van der Waals surface area contributed by atoms with Crippen molar-refractivity contribution in [2.24, 2.45) is 0 Å². The highest BCUT2D eigenvalue weighted by atomic mass is 28.5. The molecule has 15 heteroatoms. The molecule has 31 heavy (non-hydrogen) atoms. The lowest BCUT2D eigenvalue weighted by Gasteiger charge is -2.36. The summed E-state index contributed by atoms with van der Waals surface area (Å²) in [7, 11) is -12.9. The SMILES string of the molecule is CC[Si](C)(C)O[SiH](C)O[Si](C)(C)O[Si](C)(C)C.CC[Si]1(C)O[SiH](C)O[SiH](C)O[SiH](C)O1. The average Bonchev–Trinajstić information content (AvgIpc) is 2.49. The van der Waals surface area contributed by atoms with Gasteiger partial charge in [-0.15, -0.1) is 0 Å². The molecule has 3 atom stereocenters. The molecule has 0 aromatic rings. The van der Waals surface area contributed by atoms with Gasteiger partial charge in [0, 0.05) is 0 Å². The zero-order valence-electron chi connectivity index (χ0n) is 22.6. The molecule has 0 amide bonds. The van der Waals surface area contributed by atoms with Crippen LogP contribution in [0.15, 0.2) is 0 Å². The van der Waals surface area contributed by atoms with Crippen molar-refractivity contribution in [2.45, 2.75) is 104 Å². The van der Waals surface area contributed by atoms with Crippen LogP contribution in [0, 0.1) is 0 Å². The van der Waals surface area contributed by atoms with E-state index in [-0.39, 0.29) is 0 Å². The summed E-state index contributed by atoms with van der Waals surface area (Å²) >= 11 is 0. The summed E-state index contributed by atoms with van der Waals surface area (Å²) in [6.45, 7) is 30.2. The summed E-state index contributed by atoms with van der Waals surface area (Å²) in [6.07, 6.45) is 0. The van der Waals surface area contributed by atoms with Gasteiger partial charge in [-0.25, -0.2) is 0 Å². The van der Waals surface area contributed by atoms with Crippen molar-refractivity contribution in [3.05, 3.63) is 0 Å². The molecular formula is C16H50O7Si8. The van der Waals surface area contributed by atoms with Gasteiger partial charge in [0.25, 0.3) is 37.1 Å². The van der Waals surface area contributed by atoms with Crippen LogP contribution in [0.4, 0.5) is 0 Å². The molecule has 1 fully saturated rings. The highest BCUT2D eigenvalue weighted by Gasteiger charge is 2.38. The monoisotopic (exact) mass is 578 g/mol. The molecule has 1 saturated heterocycles. The second-order valence-corrected chi connectivity index (χ2v) is 35.8. The van der Waals surface area contributed by atoms with Crippen molar-refractivity contribution < 1.29 is 28.8 Å². The predicted molar refractivity (Wildman–Crippen MR) is 151 cm³/mol. The molecule has 0 bridgehead atoms. The maximum atomic E-state index is 6.17. The summed E-state index contributed by atoms with van der Waals surface area (Å²) in [4.78, 5) is 0. The highest BCUT2D eigenvalue weighted by molar-refractivity contribution is 6.85. The maximum Gasteiger partial charge on any atom is 0.316 e. The van der Waals surface area contributed by atoms with Crippen LogP contribution in [0.5, 0.6) is 0 Å². The Bertz CT molecular complexity index is 507. The van der Waals surface area contributed by atoms with Crippen molar-refractivity contribution in [2.75, 3.05) is 0 Å². The van der Waals surface area contributed by atoms with Crippen LogP contribution in [0.2, 0.25) is 90.7 Å². The summed E-state index contributed by atoms with van der Waals surface area (Å²) in [6, 6.07) is 2.12. The van der Waals surface area contributed by atoms with E-state index >= 15 is 0 Å². The van der Waals surface area contributed by atoms with E-state index in [0.29, 0.717) is 0 Å². The molecule has 0 aromatic heterocycles. The third-order valence-corrected chi connectivity index (χ3v) is 32.2. The van der Waals surface area contributed by atoms with Gasteiger partial charge in [0.05, 0.1) is 0 Å². The molecule has 0 aromatic carbocycles. The van der Waals surface area contributed by atoms with Crippen molar-refractivity contribution in [3.63, 3.8) is 0 Å². The fraction of sp³-hybridized carbons (Fsp3) is 1.00. The van der Waals surface area contributed by atoms with Crippen LogP contribution in [-0.2, 0) is 28.8 Å². The summed E-state index contributed by atoms with van der Waals surface area (Å²) < 4.78 is 42.0. The molecular weight excluding hydrogens is 529 g/mol. The lowest BCUT2D eigenvalue weighted by atomic mass is 11.0. The Morgan fingerprint density at radius 1 is 0.806 bits per heavy atom.